The third-order valence-corrected chi connectivity index (χ3v) is 3.97. The van der Waals surface area contributed by atoms with Crippen molar-refractivity contribution in [2.75, 3.05) is 5.32 Å². The summed E-state index contributed by atoms with van der Waals surface area (Å²) in [6.07, 6.45) is 0.388. The van der Waals surface area contributed by atoms with E-state index in [0.29, 0.717) is 11.4 Å². The molecule has 17 heavy (non-hydrogen) atoms. The number of halogens is 2. The second kappa shape index (κ2) is 5.67. The fourth-order valence-electron chi connectivity index (χ4n) is 1.34. The van der Waals surface area contributed by atoms with Crippen LogP contribution in [0.5, 0.6) is 0 Å². The zero-order valence-electron chi connectivity index (χ0n) is 8.74. The number of anilines is 1. The molecule has 2 rings (SSSR count). The van der Waals surface area contributed by atoms with Gasteiger partial charge in [0.25, 0.3) is 0 Å². The number of thiophene rings is 1. The van der Waals surface area contributed by atoms with Crippen LogP contribution in [-0.2, 0) is 11.2 Å². The molecule has 0 saturated carbocycles. The first kappa shape index (κ1) is 12.6. The molecule has 0 unspecified atom stereocenters. The molecule has 0 saturated heterocycles. The highest BCUT2D eigenvalue weighted by Crippen LogP contribution is 2.22. The second-order valence-corrected chi connectivity index (χ2v) is 6.42. The minimum absolute atomic E-state index is 0.0262. The topological polar surface area (TPSA) is 29.1 Å². The Labute approximate surface area is 117 Å². The smallest absolute Gasteiger partial charge is 0.229 e. The first-order chi connectivity index (χ1) is 8.13. The Kier molecular flexibility index (Phi) is 4.20. The molecule has 2 nitrogen and oxygen atoms in total. The molecule has 0 bridgehead atoms. The fourth-order valence-corrected chi connectivity index (χ4v) is 2.95. The molecule has 0 radical (unpaired) electrons. The number of rotatable bonds is 3. The highest BCUT2D eigenvalue weighted by Gasteiger charge is 2.06. The summed E-state index contributed by atoms with van der Waals surface area (Å²) in [6, 6.07) is 10.9. The molecule has 5 heteroatoms. The van der Waals surface area contributed by atoms with Gasteiger partial charge in [0, 0.05) is 15.6 Å². The van der Waals surface area contributed by atoms with E-state index in [1.165, 1.54) is 0 Å². The molecule has 0 aliphatic rings. The van der Waals surface area contributed by atoms with Gasteiger partial charge in [-0.05, 0) is 52.3 Å². The van der Waals surface area contributed by atoms with Crippen molar-refractivity contribution >= 4 is 50.5 Å². The van der Waals surface area contributed by atoms with Gasteiger partial charge < -0.3 is 5.32 Å². The zero-order valence-corrected chi connectivity index (χ0v) is 11.9. The highest BCUT2D eigenvalue weighted by atomic mass is 79.9. The van der Waals surface area contributed by atoms with Crippen LogP contribution < -0.4 is 5.32 Å². The van der Waals surface area contributed by atoms with Crippen molar-refractivity contribution in [2.24, 2.45) is 0 Å². The minimum Gasteiger partial charge on any atom is -0.326 e. The molecular formula is C12H9BrClNOS. The molecular weight excluding hydrogens is 322 g/mol. The molecule has 88 valence electrons. The van der Waals surface area contributed by atoms with E-state index in [1.54, 1.807) is 35.6 Å². The van der Waals surface area contributed by atoms with Crippen LogP contribution in [0.2, 0.25) is 5.02 Å². The molecule has 2 aromatic rings. The van der Waals surface area contributed by atoms with Crippen molar-refractivity contribution in [1.29, 1.82) is 0 Å². The molecule has 0 atom stereocenters. The van der Waals surface area contributed by atoms with Crippen molar-refractivity contribution in [3.05, 3.63) is 50.1 Å². The van der Waals surface area contributed by atoms with Crippen LogP contribution in [0.15, 0.2) is 40.2 Å². The summed E-state index contributed by atoms with van der Waals surface area (Å²) >= 11 is 10.7. The molecule has 1 aromatic carbocycles. The van der Waals surface area contributed by atoms with Gasteiger partial charge in [-0.15, -0.1) is 11.3 Å². The molecule has 0 aliphatic heterocycles. The maximum absolute atomic E-state index is 11.7. The third-order valence-electron chi connectivity index (χ3n) is 2.09. The van der Waals surface area contributed by atoms with Crippen molar-refractivity contribution in [2.45, 2.75) is 6.42 Å². The number of hydrogen-bond acceptors (Lipinski definition) is 2. The largest absolute Gasteiger partial charge is 0.326 e. The summed E-state index contributed by atoms with van der Waals surface area (Å²) < 4.78 is 1.03. The number of carbonyl (C=O) groups is 1. The molecule has 1 heterocycles. The predicted octanol–water partition coefficient (Wildman–Crippen LogP) is 4.35. The Morgan fingerprint density at radius 3 is 2.53 bits per heavy atom. The van der Waals surface area contributed by atoms with Crippen LogP contribution in [0.3, 0.4) is 0 Å². The van der Waals surface area contributed by atoms with Crippen molar-refractivity contribution in [1.82, 2.24) is 0 Å². The van der Waals surface area contributed by atoms with E-state index >= 15 is 0 Å². The molecule has 0 spiro atoms. The highest BCUT2D eigenvalue weighted by molar-refractivity contribution is 9.11. The Morgan fingerprint density at radius 1 is 1.24 bits per heavy atom. The average molecular weight is 331 g/mol. The van der Waals surface area contributed by atoms with E-state index in [-0.39, 0.29) is 5.91 Å². The monoisotopic (exact) mass is 329 g/mol. The molecule has 0 aliphatic carbocycles. The van der Waals surface area contributed by atoms with Gasteiger partial charge in [0.1, 0.15) is 0 Å². The van der Waals surface area contributed by atoms with Crippen molar-refractivity contribution in [3.63, 3.8) is 0 Å². The molecule has 1 aromatic heterocycles. The van der Waals surface area contributed by atoms with Gasteiger partial charge >= 0.3 is 0 Å². The number of amides is 1. The summed E-state index contributed by atoms with van der Waals surface area (Å²) in [5.74, 6) is -0.0262. The number of benzene rings is 1. The van der Waals surface area contributed by atoms with Crippen molar-refractivity contribution in [3.8, 4) is 0 Å². The van der Waals surface area contributed by atoms with Gasteiger partial charge in [-0.2, -0.15) is 0 Å². The normalized spacial score (nSPS) is 10.2. The predicted molar refractivity (Wildman–Crippen MR) is 75.8 cm³/mol. The van der Waals surface area contributed by atoms with E-state index in [4.69, 9.17) is 11.6 Å². The average Bonchev–Trinajstić information content (AvgIpc) is 2.67. The molecule has 1 N–H and O–H groups in total. The number of hydrogen-bond donors (Lipinski definition) is 1. The van der Waals surface area contributed by atoms with Gasteiger partial charge in [0.15, 0.2) is 0 Å². The summed E-state index contributed by atoms with van der Waals surface area (Å²) in [7, 11) is 0. The second-order valence-electron chi connectivity index (χ2n) is 3.44. The van der Waals surface area contributed by atoms with Crippen LogP contribution in [0.4, 0.5) is 5.69 Å². The molecule has 0 fully saturated rings. The fraction of sp³-hybridized carbons (Fsp3) is 0.0833. The van der Waals surface area contributed by atoms with Crippen LogP contribution in [0, 0.1) is 0 Å². The maximum Gasteiger partial charge on any atom is 0.229 e. The lowest BCUT2D eigenvalue weighted by Gasteiger charge is -2.03. The van der Waals surface area contributed by atoms with Gasteiger partial charge in [0.05, 0.1) is 10.2 Å². The van der Waals surface area contributed by atoms with Gasteiger partial charge in [-0.1, -0.05) is 11.6 Å². The minimum atomic E-state index is -0.0262. The van der Waals surface area contributed by atoms with Crippen LogP contribution in [0.1, 0.15) is 4.88 Å². The summed E-state index contributed by atoms with van der Waals surface area (Å²) in [5, 5.41) is 3.48. The Hall–Kier alpha value is -0.840. The molecule has 1 amide bonds. The van der Waals surface area contributed by atoms with Crippen LogP contribution >= 0.6 is 38.9 Å². The first-order valence-corrected chi connectivity index (χ1v) is 6.92. The lowest BCUT2D eigenvalue weighted by atomic mass is 10.3. The van der Waals surface area contributed by atoms with Gasteiger partial charge in [0.2, 0.25) is 5.91 Å². The SMILES string of the molecule is O=C(Cc1ccc(Br)s1)Nc1ccc(Cl)cc1. The van der Waals surface area contributed by atoms with E-state index < -0.39 is 0 Å². The lowest BCUT2D eigenvalue weighted by Crippen LogP contribution is -2.13. The Morgan fingerprint density at radius 2 is 1.94 bits per heavy atom. The van der Waals surface area contributed by atoms with Gasteiger partial charge in [-0.25, -0.2) is 0 Å². The third kappa shape index (κ3) is 3.84. The van der Waals surface area contributed by atoms with Crippen LogP contribution in [-0.4, -0.2) is 5.91 Å². The summed E-state index contributed by atoms with van der Waals surface area (Å²) in [5.41, 5.74) is 0.759. The zero-order chi connectivity index (χ0) is 12.3. The number of carbonyl (C=O) groups excluding carboxylic acids is 1. The van der Waals surface area contributed by atoms with E-state index in [1.807, 2.05) is 12.1 Å². The Bertz CT molecular complexity index is 524. The Balaban J connectivity index is 1.95. The number of nitrogens with one attached hydrogen (secondary N) is 1. The van der Waals surface area contributed by atoms with E-state index in [2.05, 4.69) is 21.2 Å². The summed E-state index contributed by atoms with van der Waals surface area (Å²) in [6.45, 7) is 0. The lowest BCUT2D eigenvalue weighted by molar-refractivity contribution is -0.115. The quantitative estimate of drug-likeness (QED) is 0.891. The van der Waals surface area contributed by atoms with Crippen molar-refractivity contribution < 1.29 is 4.79 Å². The summed E-state index contributed by atoms with van der Waals surface area (Å²) in [4.78, 5) is 12.8. The van der Waals surface area contributed by atoms with Gasteiger partial charge in [-0.3, -0.25) is 4.79 Å². The van der Waals surface area contributed by atoms with E-state index in [9.17, 15) is 4.79 Å². The first-order valence-electron chi connectivity index (χ1n) is 4.93. The maximum atomic E-state index is 11.7. The van der Waals surface area contributed by atoms with E-state index in [0.717, 1.165) is 14.4 Å². The van der Waals surface area contributed by atoms with Crippen LogP contribution in [0.25, 0.3) is 0 Å². The standard InChI is InChI=1S/C12H9BrClNOS/c13-11-6-5-10(17-11)7-12(16)15-9-3-1-8(14)2-4-9/h1-6H,7H2,(H,15,16).